The molecular weight excluding hydrogens is 342 g/mol. The average molecular weight is 388 g/mol. The summed E-state index contributed by atoms with van der Waals surface area (Å²) in [4.78, 5) is 12.2. The highest BCUT2D eigenvalue weighted by Gasteiger charge is 2.20. The van der Waals surface area contributed by atoms with E-state index in [1.165, 1.54) is 64.2 Å². The minimum absolute atomic E-state index is 0.0994. The van der Waals surface area contributed by atoms with Gasteiger partial charge in [0.1, 0.15) is 0 Å². The number of carbonyl (C=O) groups excluding carboxylic acids is 1. The van der Waals surface area contributed by atoms with Gasteiger partial charge >= 0.3 is 0 Å². The van der Waals surface area contributed by atoms with E-state index < -0.39 is 6.10 Å². The van der Waals surface area contributed by atoms with E-state index >= 15 is 0 Å². The standard InChI is InChI=1S/C22H45NO2S/c1-4-6-8-10-11-12-13-14-16-18-22(25)23-20(19-26-3)21(24)17-15-9-7-5-2/h20-21,24H,4-19H2,1-3H3,(H,23,25)/t20-,21+/m0/s1. The van der Waals surface area contributed by atoms with Gasteiger partial charge in [0.25, 0.3) is 0 Å². The average Bonchev–Trinajstić information content (AvgIpc) is 2.63. The van der Waals surface area contributed by atoms with Crippen molar-refractivity contribution in [2.24, 2.45) is 0 Å². The molecule has 0 aromatic carbocycles. The Bertz CT molecular complexity index is 313. The summed E-state index contributed by atoms with van der Waals surface area (Å²) in [7, 11) is 0. The number of carbonyl (C=O) groups is 1. The molecule has 0 aromatic heterocycles. The first-order valence-electron chi connectivity index (χ1n) is 11.1. The fraction of sp³-hybridized carbons (Fsp3) is 0.955. The molecule has 0 aromatic rings. The van der Waals surface area contributed by atoms with Crippen molar-refractivity contribution in [3.8, 4) is 0 Å². The van der Waals surface area contributed by atoms with E-state index in [2.05, 4.69) is 19.2 Å². The van der Waals surface area contributed by atoms with Crippen LogP contribution in [0.3, 0.4) is 0 Å². The second-order valence-electron chi connectivity index (χ2n) is 7.62. The van der Waals surface area contributed by atoms with Crippen LogP contribution in [0.15, 0.2) is 0 Å². The van der Waals surface area contributed by atoms with Gasteiger partial charge < -0.3 is 10.4 Å². The number of hydrogen-bond donors (Lipinski definition) is 2. The van der Waals surface area contributed by atoms with E-state index in [0.717, 1.165) is 31.4 Å². The van der Waals surface area contributed by atoms with Crippen LogP contribution in [0.1, 0.15) is 110 Å². The molecule has 3 nitrogen and oxygen atoms in total. The Morgan fingerprint density at radius 1 is 0.846 bits per heavy atom. The molecule has 1 amide bonds. The molecule has 26 heavy (non-hydrogen) atoms. The monoisotopic (exact) mass is 387 g/mol. The second kappa shape index (κ2) is 19.5. The Hall–Kier alpha value is -0.220. The third-order valence-corrected chi connectivity index (χ3v) is 5.71. The van der Waals surface area contributed by atoms with Gasteiger partial charge in [-0.05, 0) is 19.1 Å². The fourth-order valence-electron chi connectivity index (χ4n) is 3.29. The number of aliphatic hydroxyl groups is 1. The molecule has 0 radical (unpaired) electrons. The number of amides is 1. The summed E-state index contributed by atoms with van der Waals surface area (Å²) in [6.45, 7) is 4.44. The summed E-state index contributed by atoms with van der Waals surface area (Å²) >= 11 is 1.69. The third-order valence-electron chi connectivity index (χ3n) is 5.02. The molecule has 0 heterocycles. The zero-order valence-corrected chi connectivity index (χ0v) is 18.5. The van der Waals surface area contributed by atoms with Crippen LogP contribution in [-0.2, 0) is 4.79 Å². The molecule has 0 aliphatic rings. The molecule has 0 unspecified atom stereocenters. The zero-order chi connectivity index (χ0) is 19.5. The van der Waals surface area contributed by atoms with Crippen molar-refractivity contribution >= 4 is 17.7 Å². The predicted octanol–water partition coefficient (Wildman–Crippen LogP) is 6.09. The normalized spacial score (nSPS) is 13.5. The summed E-state index contributed by atoms with van der Waals surface area (Å²) in [6, 6.07) is -0.0994. The number of thioether (sulfide) groups is 1. The first-order valence-corrected chi connectivity index (χ1v) is 12.5. The Labute approximate surface area is 167 Å². The minimum atomic E-state index is -0.411. The summed E-state index contributed by atoms with van der Waals surface area (Å²) in [5.74, 6) is 0.901. The molecule has 0 aliphatic heterocycles. The van der Waals surface area contributed by atoms with Crippen LogP contribution >= 0.6 is 11.8 Å². The number of hydrogen-bond acceptors (Lipinski definition) is 3. The van der Waals surface area contributed by atoms with Crippen molar-refractivity contribution in [3.63, 3.8) is 0 Å². The van der Waals surface area contributed by atoms with E-state index in [9.17, 15) is 9.90 Å². The number of unbranched alkanes of at least 4 members (excludes halogenated alkanes) is 11. The van der Waals surface area contributed by atoms with E-state index in [-0.39, 0.29) is 11.9 Å². The van der Waals surface area contributed by atoms with Crippen LogP contribution in [0.2, 0.25) is 0 Å². The number of aliphatic hydroxyl groups excluding tert-OH is 1. The fourth-order valence-corrected chi connectivity index (χ4v) is 3.95. The molecule has 0 rings (SSSR count). The number of rotatable bonds is 19. The van der Waals surface area contributed by atoms with E-state index in [1.54, 1.807) is 11.8 Å². The lowest BCUT2D eigenvalue weighted by atomic mass is 10.0. The lowest BCUT2D eigenvalue weighted by Gasteiger charge is -2.23. The third kappa shape index (κ3) is 16.0. The molecular formula is C22H45NO2S. The zero-order valence-electron chi connectivity index (χ0n) is 17.7. The largest absolute Gasteiger partial charge is 0.391 e. The predicted molar refractivity (Wildman–Crippen MR) is 117 cm³/mol. The lowest BCUT2D eigenvalue weighted by molar-refractivity contribution is -0.122. The molecule has 2 N–H and O–H groups in total. The van der Waals surface area contributed by atoms with Crippen molar-refractivity contribution < 1.29 is 9.90 Å². The highest BCUT2D eigenvalue weighted by atomic mass is 32.2. The van der Waals surface area contributed by atoms with Crippen LogP contribution in [0.25, 0.3) is 0 Å². The van der Waals surface area contributed by atoms with Gasteiger partial charge in [-0.15, -0.1) is 0 Å². The molecule has 0 fully saturated rings. The number of nitrogens with one attached hydrogen (secondary N) is 1. The molecule has 0 bridgehead atoms. The van der Waals surface area contributed by atoms with Gasteiger partial charge in [0, 0.05) is 12.2 Å². The van der Waals surface area contributed by atoms with E-state index in [4.69, 9.17) is 0 Å². The van der Waals surface area contributed by atoms with Crippen molar-refractivity contribution in [1.29, 1.82) is 0 Å². The van der Waals surface area contributed by atoms with Gasteiger partial charge in [-0.25, -0.2) is 0 Å². The quantitative estimate of drug-likeness (QED) is 0.264. The highest BCUT2D eigenvalue weighted by Crippen LogP contribution is 2.13. The SMILES string of the molecule is CCCCCCCCCCCC(=O)N[C@@H](CSC)[C@H](O)CCCCCC. The van der Waals surface area contributed by atoms with E-state index in [0.29, 0.717) is 6.42 Å². The topological polar surface area (TPSA) is 49.3 Å². The summed E-state index contributed by atoms with van der Waals surface area (Å²) in [5.41, 5.74) is 0. The summed E-state index contributed by atoms with van der Waals surface area (Å²) < 4.78 is 0. The molecule has 4 heteroatoms. The molecule has 156 valence electrons. The van der Waals surface area contributed by atoms with Crippen molar-refractivity contribution in [2.75, 3.05) is 12.0 Å². The Morgan fingerprint density at radius 2 is 1.35 bits per heavy atom. The Kier molecular flexibility index (Phi) is 19.4. The van der Waals surface area contributed by atoms with Gasteiger partial charge in [-0.3, -0.25) is 4.79 Å². The van der Waals surface area contributed by atoms with Gasteiger partial charge in [0.05, 0.1) is 12.1 Å². The lowest BCUT2D eigenvalue weighted by Crippen LogP contribution is -2.45. The van der Waals surface area contributed by atoms with Crippen molar-refractivity contribution in [1.82, 2.24) is 5.32 Å². The van der Waals surface area contributed by atoms with Gasteiger partial charge in [-0.2, -0.15) is 11.8 Å². The Morgan fingerprint density at radius 3 is 1.88 bits per heavy atom. The minimum Gasteiger partial charge on any atom is -0.391 e. The highest BCUT2D eigenvalue weighted by molar-refractivity contribution is 7.98. The van der Waals surface area contributed by atoms with Crippen LogP contribution in [-0.4, -0.2) is 35.2 Å². The summed E-state index contributed by atoms with van der Waals surface area (Å²) in [6.07, 6.45) is 19.1. The van der Waals surface area contributed by atoms with Crippen molar-refractivity contribution in [3.05, 3.63) is 0 Å². The first-order chi connectivity index (χ1) is 12.7. The van der Waals surface area contributed by atoms with Crippen LogP contribution in [0.5, 0.6) is 0 Å². The first kappa shape index (κ1) is 25.8. The molecule has 0 spiro atoms. The molecule has 0 saturated heterocycles. The van der Waals surface area contributed by atoms with E-state index in [1.807, 2.05) is 6.26 Å². The second-order valence-corrected chi connectivity index (χ2v) is 8.54. The summed E-state index contributed by atoms with van der Waals surface area (Å²) in [5, 5.41) is 13.5. The molecule has 2 atom stereocenters. The van der Waals surface area contributed by atoms with Crippen LogP contribution in [0.4, 0.5) is 0 Å². The Balaban J connectivity index is 3.79. The maximum Gasteiger partial charge on any atom is 0.220 e. The van der Waals surface area contributed by atoms with Gasteiger partial charge in [0.15, 0.2) is 0 Å². The van der Waals surface area contributed by atoms with Crippen LogP contribution in [0, 0.1) is 0 Å². The van der Waals surface area contributed by atoms with Crippen LogP contribution < -0.4 is 5.32 Å². The molecule has 0 aliphatic carbocycles. The van der Waals surface area contributed by atoms with Crippen molar-refractivity contribution in [2.45, 2.75) is 122 Å². The van der Waals surface area contributed by atoms with Gasteiger partial charge in [0.2, 0.25) is 5.91 Å². The maximum absolute atomic E-state index is 12.2. The van der Waals surface area contributed by atoms with Gasteiger partial charge in [-0.1, -0.05) is 90.9 Å². The smallest absolute Gasteiger partial charge is 0.220 e. The maximum atomic E-state index is 12.2. The molecule has 0 saturated carbocycles.